The second-order valence-electron chi connectivity index (χ2n) is 10.3. The lowest BCUT2D eigenvalue weighted by Crippen LogP contribution is -2.49. The summed E-state index contributed by atoms with van der Waals surface area (Å²) in [5.41, 5.74) is 9.10. The Morgan fingerprint density at radius 1 is 1.05 bits per heavy atom. The van der Waals surface area contributed by atoms with Gasteiger partial charge in [-0.15, -0.1) is 0 Å². The summed E-state index contributed by atoms with van der Waals surface area (Å²) in [6.45, 7) is 8.75. The molecule has 10 nitrogen and oxygen atoms in total. The number of hydrogen-bond donors (Lipinski definition) is 2. The normalized spacial score (nSPS) is 23.4. The number of pyridine rings is 2. The van der Waals surface area contributed by atoms with Gasteiger partial charge in [0.2, 0.25) is 0 Å². The molecule has 0 unspecified atom stereocenters. The first-order valence-electron chi connectivity index (χ1n) is 12.9. The third-order valence-electron chi connectivity index (χ3n) is 6.52. The van der Waals surface area contributed by atoms with E-state index in [4.69, 9.17) is 25.8 Å². The highest BCUT2D eigenvalue weighted by atomic mass is 16.8. The van der Waals surface area contributed by atoms with Gasteiger partial charge in [-0.2, -0.15) is 0 Å². The lowest BCUT2D eigenvalue weighted by atomic mass is 10.0. The summed E-state index contributed by atoms with van der Waals surface area (Å²) in [4.78, 5) is 13.5. The molecule has 0 bridgehead atoms. The lowest BCUT2D eigenvalue weighted by molar-refractivity contribution is -0.154. The highest BCUT2D eigenvalue weighted by molar-refractivity contribution is 5.06. The number of hydrazine groups is 1. The number of rotatable bonds is 12. The van der Waals surface area contributed by atoms with Crippen LogP contribution in [0.5, 0.6) is 0 Å². The number of nitrogens with two attached hydrogens (primary N) is 2. The van der Waals surface area contributed by atoms with E-state index in [0.29, 0.717) is 25.4 Å². The molecule has 0 spiro atoms. The monoisotopic (exact) mass is 511 g/mol. The third-order valence-corrected chi connectivity index (χ3v) is 6.52. The first-order valence-corrected chi connectivity index (χ1v) is 12.9. The van der Waals surface area contributed by atoms with Gasteiger partial charge in [0.05, 0.1) is 24.0 Å². The summed E-state index contributed by atoms with van der Waals surface area (Å²) in [5, 5.41) is 1.60. The summed E-state index contributed by atoms with van der Waals surface area (Å²) in [6, 6.07) is 12.0. The zero-order valence-electron chi connectivity index (χ0n) is 22.2. The molecular weight excluding hydrogens is 470 g/mol. The number of fused-ring (bicyclic) bond motifs is 1. The lowest BCUT2D eigenvalue weighted by Gasteiger charge is -2.33. The molecule has 3 atom stereocenters. The van der Waals surface area contributed by atoms with Crippen molar-refractivity contribution in [2.75, 3.05) is 39.8 Å². The average Bonchev–Trinajstić information content (AvgIpc) is 3.18. The van der Waals surface area contributed by atoms with E-state index < -0.39 is 5.79 Å². The molecule has 0 aromatic carbocycles. The van der Waals surface area contributed by atoms with E-state index in [1.54, 1.807) is 11.2 Å². The summed E-state index contributed by atoms with van der Waals surface area (Å²) in [6.07, 6.45) is 6.01. The average molecular weight is 512 g/mol. The van der Waals surface area contributed by atoms with Crippen molar-refractivity contribution in [1.29, 1.82) is 0 Å². The van der Waals surface area contributed by atoms with E-state index in [0.717, 1.165) is 44.0 Å². The Balaban J connectivity index is 1.27. The number of nitrogens with zero attached hydrogens (tertiary/aromatic N) is 5. The molecule has 37 heavy (non-hydrogen) atoms. The van der Waals surface area contributed by atoms with Crippen molar-refractivity contribution in [2.45, 2.75) is 57.5 Å². The van der Waals surface area contributed by atoms with Gasteiger partial charge in [0.1, 0.15) is 12.2 Å². The van der Waals surface area contributed by atoms with Crippen LogP contribution in [0.1, 0.15) is 31.7 Å². The van der Waals surface area contributed by atoms with Crippen molar-refractivity contribution in [3.63, 3.8) is 0 Å². The molecule has 2 fully saturated rings. The Bertz CT molecular complexity index is 951. The number of ether oxygens (including phenoxy) is 3. The molecular formula is C27H41N7O3. The predicted octanol–water partition coefficient (Wildman–Crippen LogP) is 1.70. The first-order chi connectivity index (χ1) is 17.8. The maximum Gasteiger partial charge on any atom is 0.163 e. The van der Waals surface area contributed by atoms with Crippen molar-refractivity contribution in [3.8, 4) is 0 Å². The van der Waals surface area contributed by atoms with Crippen molar-refractivity contribution in [3.05, 3.63) is 72.1 Å². The molecule has 2 aromatic heterocycles. The molecule has 4 N–H and O–H groups in total. The summed E-state index contributed by atoms with van der Waals surface area (Å²) in [7, 11) is 2.06. The summed E-state index contributed by atoms with van der Waals surface area (Å²) < 4.78 is 18.0. The summed E-state index contributed by atoms with van der Waals surface area (Å²) >= 11 is 0. The smallest absolute Gasteiger partial charge is 0.163 e. The fraction of sp³-hybridized carbons (Fsp3) is 0.556. The molecule has 0 amide bonds. The van der Waals surface area contributed by atoms with Crippen LogP contribution in [0.3, 0.4) is 0 Å². The van der Waals surface area contributed by atoms with Crippen molar-refractivity contribution in [1.82, 2.24) is 24.8 Å². The van der Waals surface area contributed by atoms with Gasteiger partial charge < -0.3 is 25.0 Å². The molecule has 2 aromatic rings. The van der Waals surface area contributed by atoms with Crippen LogP contribution in [-0.4, -0.2) is 88.7 Å². The van der Waals surface area contributed by atoms with Gasteiger partial charge in [0.25, 0.3) is 0 Å². The Hall–Kier alpha value is -2.60. The van der Waals surface area contributed by atoms with Gasteiger partial charge in [0.15, 0.2) is 5.79 Å². The molecule has 10 heteroatoms. The molecule has 2 aliphatic rings. The minimum absolute atomic E-state index is 0.0368. The predicted molar refractivity (Wildman–Crippen MR) is 141 cm³/mol. The standard InChI is InChI=1S/C27H41N7O3/c1-27(2)36-24-10-15-35-25(26(24)37-27)20-34(29)17-21(28)16-32(3)13-14-33(18-22-8-4-6-11-30-22)19-23-9-5-7-12-31-23/h4-9,11-12,17,24-26H,10,13-16,18-20,28-29H2,1-3H3/b21-17-/t24-,25-,26-/m1/s1. The minimum Gasteiger partial charge on any atom is -0.400 e. The van der Waals surface area contributed by atoms with Crippen LogP contribution in [0, 0.1) is 0 Å². The summed E-state index contributed by atoms with van der Waals surface area (Å²) in [5.74, 6) is 5.69. The minimum atomic E-state index is -0.598. The van der Waals surface area contributed by atoms with Crippen molar-refractivity contribution in [2.24, 2.45) is 11.6 Å². The zero-order valence-corrected chi connectivity index (χ0v) is 22.2. The number of aromatic nitrogens is 2. The van der Waals surface area contributed by atoms with E-state index >= 15 is 0 Å². The van der Waals surface area contributed by atoms with Crippen LogP contribution in [-0.2, 0) is 27.3 Å². The highest BCUT2D eigenvalue weighted by Gasteiger charge is 2.47. The number of likely N-dealkylation sites (N-methyl/N-ethyl adjacent to an activating group) is 1. The van der Waals surface area contributed by atoms with Gasteiger partial charge >= 0.3 is 0 Å². The Morgan fingerprint density at radius 3 is 2.35 bits per heavy atom. The topological polar surface area (TPSA) is 115 Å². The van der Waals surface area contributed by atoms with Crippen LogP contribution in [0.4, 0.5) is 0 Å². The molecule has 2 saturated heterocycles. The number of hydrogen-bond acceptors (Lipinski definition) is 10. The van der Waals surface area contributed by atoms with Gasteiger partial charge in [-0.25, -0.2) is 5.84 Å². The molecule has 0 saturated carbocycles. The molecule has 4 rings (SSSR count). The van der Waals surface area contributed by atoms with Crippen LogP contribution >= 0.6 is 0 Å². The second kappa shape index (κ2) is 12.8. The van der Waals surface area contributed by atoms with E-state index in [-0.39, 0.29) is 18.3 Å². The van der Waals surface area contributed by atoms with Gasteiger partial charge in [-0.3, -0.25) is 19.8 Å². The maximum atomic E-state index is 6.35. The molecule has 202 valence electrons. The Labute approximate surface area is 220 Å². The van der Waals surface area contributed by atoms with Crippen LogP contribution in [0.15, 0.2) is 60.7 Å². The van der Waals surface area contributed by atoms with Gasteiger partial charge in [-0.1, -0.05) is 12.1 Å². The van der Waals surface area contributed by atoms with Gasteiger partial charge in [-0.05, 0) is 51.6 Å². The largest absolute Gasteiger partial charge is 0.400 e. The molecule has 0 radical (unpaired) electrons. The van der Waals surface area contributed by atoms with Crippen molar-refractivity contribution < 1.29 is 14.2 Å². The fourth-order valence-corrected chi connectivity index (χ4v) is 4.86. The molecule has 4 heterocycles. The van der Waals surface area contributed by atoms with Gasteiger partial charge in [0, 0.05) is 63.6 Å². The van der Waals surface area contributed by atoms with E-state index in [2.05, 4.69) is 26.8 Å². The first kappa shape index (κ1) is 27.4. The van der Waals surface area contributed by atoms with Crippen LogP contribution < -0.4 is 11.6 Å². The Kier molecular flexibility index (Phi) is 9.47. The van der Waals surface area contributed by atoms with Crippen LogP contribution in [0.2, 0.25) is 0 Å². The second-order valence-corrected chi connectivity index (χ2v) is 10.3. The van der Waals surface area contributed by atoms with Crippen LogP contribution in [0.25, 0.3) is 0 Å². The third kappa shape index (κ3) is 8.46. The van der Waals surface area contributed by atoms with E-state index in [1.807, 2.05) is 62.6 Å². The van der Waals surface area contributed by atoms with Crippen molar-refractivity contribution >= 4 is 0 Å². The fourth-order valence-electron chi connectivity index (χ4n) is 4.86. The molecule has 0 aliphatic carbocycles. The quantitative estimate of drug-likeness (QED) is 0.322. The molecule has 2 aliphatic heterocycles. The van der Waals surface area contributed by atoms with E-state index in [9.17, 15) is 0 Å². The van der Waals surface area contributed by atoms with E-state index in [1.165, 1.54) is 0 Å². The maximum absolute atomic E-state index is 6.35. The highest BCUT2D eigenvalue weighted by Crippen LogP contribution is 2.35. The zero-order chi connectivity index (χ0) is 26.3. The SMILES string of the molecule is CN(CCN(Cc1ccccn1)Cc1ccccn1)C/C(N)=C/N(N)C[C@H]1OCC[C@H]2OC(C)(C)O[C@@H]12. The Morgan fingerprint density at radius 2 is 1.73 bits per heavy atom.